The maximum absolute atomic E-state index is 3.64. The normalized spacial score (nSPS) is 31.1. The van der Waals surface area contributed by atoms with Crippen molar-refractivity contribution >= 4 is 0 Å². The zero-order chi connectivity index (χ0) is 11.6. The van der Waals surface area contributed by atoms with Crippen molar-refractivity contribution in [3.8, 4) is 0 Å². The van der Waals surface area contributed by atoms with E-state index in [0.29, 0.717) is 11.5 Å². The Morgan fingerprint density at radius 3 is 2.62 bits per heavy atom. The van der Waals surface area contributed by atoms with Crippen molar-refractivity contribution in [2.24, 2.45) is 11.3 Å². The zero-order valence-electron chi connectivity index (χ0n) is 11.3. The summed E-state index contributed by atoms with van der Waals surface area (Å²) in [6, 6.07) is 0.707. The molecule has 2 aliphatic rings. The van der Waals surface area contributed by atoms with Gasteiger partial charge in [0.25, 0.3) is 0 Å². The summed E-state index contributed by atoms with van der Waals surface area (Å²) < 4.78 is 0. The van der Waals surface area contributed by atoms with Gasteiger partial charge in [-0.05, 0) is 24.2 Å². The van der Waals surface area contributed by atoms with Crippen LogP contribution in [0, 0.1) is 11.3 Å². The van der Waals surface area contributed by atoms with Gasteiger partial charge in [-0.15, -0.1) is 0 Å². The van der Waals surface area contributed by atoms with Crippen LogP contribution < -0.4 is 5.32 Å². The molecule has 1 aliphatic carbocycles. The molecule has 2 heteroatoms. The minimum absolute atomic E-state index is 0.624. The number of nitrogens with one attached hydrogen (secondary N) is 1. The minimum atomic E-state index is 0.624. The largest absolute Gasteiger partial charge is 0.311 e. The smallest absolute Gasteiger partial charge is 0.0218 e. The third-order valence-electron chi connectivity index (χ3n) is 4.51. The zero-order valence-corrected chi connectivity index (χ0v) is 11.3. The van der Waals surface area contributed by atoms with E-state index in [4.69, 9.17) is 0 Å². The summed E-state index contributed by atoms with van der Waals surface area (Å²) in [6.07, 6.45) is 5.80. The lowest BCUT2D eigenvalue weighted by molar-refractivity contribution is 0.117. The van der Waals surface area contributed by atoms with Crippen LogP contribution in [-0.2, 0) is 0 Å². The van der Waals surface area contributed by atoms with Gasteiger partial charge in [0.15, 0.2) is 0 Å². The molecule has 1 saturated heterocycles. The quantitative estimate of drug-likeness (QED) is 0.792. The highest BCUT2D eigenvalue weighted by atomic mass is 15.2. The second-order valence-electron chi connectivity index (χ2n) is 6.56. The van der Waals surface area contributed by atoms with Crippen LogP contribution in [0.25, 0.3) is 0 Å². The van der Waals surface area contributed by atoms with Gasteiger partial charge >= 0.3 is 0 Å². The molecule has 0 aromatic carbocycles. The molecule has 0 amide bonds. The van der Waals surface area contributed by atoms with Crippen LogP contribution in [0.4, 0.5) is 0 Å². The van der Waals surface area contributed by atoms with Crippen molar-refractivity contribution in [3.63, 3.8) is 0 Å². The summed E-state index contributed by atoms with van der Waals surface area (Å²) in [4.78, 5) is 2.70. The first-order valence-electron chi connectivity index (χ1n) is 7.05. The van der Waals surface area contributed by atoms with E-state index in [1.165, 1.54) is 51.9 Å². The highest BCUT2D eigenvalue weighted by Crippen LogP contribution is 2.38. The van der Waals surface area contributed by atoms with Crippen molar-refractivity contribution < 1.29 is 0 Å². The number of nitrogens with zero attached hydrogens (tertiary/aromatic N) is 1. The minimum Gasteiger partial charge on any atom is -0.311 e. The molecule has 0 bridgehead atoms. The summed E-state index contributed by atoms with van der Waals surface area (Å²) in [5.41, 5.74) is 0.624. The summed E-state index contributed by atoms with van der Waals surface area (Å²) in [6.45, 7) is 12.2. The molecular formula is C14H28N2. The van der Waals surface area contributed by atoms with Gasteiger partial charge in [0.2, 0.25) is 0 Å². The Balaban J connectivity index is 1.85. The van der Waals surface area contributed by atoms with Crippen LogP contribution in [0.5, 0.6) is 0 Å². The van der Waals surface area contributed by atoms with Crippen LogP contribution in [0.2, 0.25) is 0 Å². The number of rotatable bonds is 3. The van der Waals surface area contributed by atoms with E-state index < -0.39 is 0 Å². The molecule has 1 N–H and O–H groups in total. The fourth-order valence-corrected chi connectivity index (χ4v) is 3.36. The van der Waals surface area contributed by atoms with Gasteiger partial charge in [-0.1, -0.05) is 33.6 Å². The molecule has 2 rings (SSSR count). The van der Waals surface area contributed by atoms with Gasteiger partial charge in [-0.3, -0.25) is 4.90 Å². The van der Waals surface area contributed by atoms with E-state index in [9.17, 15) is 0 Å². The molecular weight excluding hydrogens is 196 g/mol. The summed E-state index contributed by atoms with van der Waals surface area (Å²) >= 11 is 0. The predicted octanol–water partition coefficient (Wildman–Crippen LogP) is 2.50. The van der Waals surface area contributed by atoms with Crippen molar-refractivity contribution in [3.05, 3.63) is 0 Å². The molecule has 16 heavy (non-hydrogen) atoms. The first kappa shape index (κ1) is 12.4. The predicted molar refractivity (Wildman–Crippen MR) is 69.6 cm³/mol. The van der Waals surface area contributed by atoms with Crippen molar-refractivity contribution in [2.45, 2.75) is 52.5 Å². The molecule has 0 aromatic heterocycles. The molecule has 0 spiro atoms. The molecule has 2 nitrogen and oxygen atoms in total. The number of hydrogen-bond acceptors (Lipinski definition) is 2. The fraction of sp³-hybridized carbons (Fsp3) is 1.00. The number of hydrogen-bond donors (Lipinski definition) is 1. The second kappa shape index (κ2) is 5.05. The highest BCUT2D eigenvalue weighted by Gasteiger charge is 2.32. The van der Waals surface area contributed by atoms with E-state index in [0.717, 1.165) is 5.92 Å². The topological polar surface area (TPSA) is 15.3 Å². The van der Waals surface area contributed by atoms with Gasteiger partial charge in [-0.25, -0.2) is 0 Å². The molecule has 1 heterocycles. The number of piperazine rings is 1. The molecule has 0 radical (unpaired) electrons. The third kappa shape index (κ3) is 2.98. The lowest BCUT2D eigenvalue weighted by Gasteiger charge is -2.39. The van der Waals surface area contributed by atoms with E-state index >= 15 is 0 Å². The molecule has 1 unspecified atom stereocenters. The van der Waals surface area contributed by atoms with Crippen LogP contribution in [-0.4, -0.2) is 37.1 Å². The van der Waals surface area contributed by atoms with Crippen molar-refractivity contribution in [1.82, 2.24) is 10.2 Å². The van der Waals surface area contributed by atoms with Crippen LogP contribution in [0.15, 0.2) is 0 Å². The lowest BCUT2D eigenvalue weighted by atomic mass is 9.87. The van der Waals surface area contributed by atoms with Crippen molar-refractivity contribution in [2.75, 3.05) is 26.2 Å². The maximum atomic E-state index is 3.64. The Bertz CT molecular complexity index is 219. The fourth-order valence-electron chi connectivity index (χ4n) is 3.36. The Kier molecular flexibility index (Phi) is 3.91. The van der Waals surface area contributed by atoms with Gasteiger partial charge in [0.1, 0.15) is 0 Å². The Morgan fingerprint density at radius 2 is 2.00 bits per heavy atom. The SMILES string of the molecule is CC(C)C1CN(CC2(C)CCCC2)CCN1. The van der Waals surface area contributed by atoms with Gasteiger partial charge in [-0.2, -0.15) is 0 Å². The maximum Gasteiger partial charge on any atom is 0.0218 e. The summed E-state index contributed by atoms with van der Waals surface area (Å²) in [7, 11) is 0. The highest BCUT2D eigenvalue weighted by molar-refractivity contribution is 4.87. The van der Waals surface area contributed by atoms with Gasteiger partial charge in [0, 0.05) is 32.2 Å². The molecule has 1 atom stereocenters. The third-order valence-corrected chi connectivity index (χ3v) is 4.51. The monoisotopic (exact) mass is 224 g/mol. The van der Waals surface area contributed by atoms with E-state index in [1.54, 1.807) is 0 Å². The lowest BCUT2D eigenvalue weighted by Crippen LogP contribution is -2.54. The Hall–Kier alpha value is -0.0800. The standard InChI is InChI=1S/C14H28N2/c1-12(2)13-10-16(9-8-15-13)11-14(3)6-4-5-7-14/h12-13,15H,4-11H2,1-3H3. The Labute approximate surface area is 101 Å². The van der Waals surface area contributed by atoms with Gasteiger partial charge < -0.3 is 5.32 Å². The van der Waals surface area contributed by atoms with Crippen LogP contribution >= 0.6 is 0 Å². The molecule has 94 valence electrons. The average Bonchev–Trinajstić information content (AvgIpc) is 2.65. The molecule has 1 saturated carbocycles. The first-order valence-corrected chi connectivity index (χ1v) is 7.05. The molecule has 0 aromatic rings. The van der Waals surface area contributed by atoms with Crippen LogP contribution in [0.3, 0.4) is 0 Å². The molecule has 1 aliphatic heterocycles. The summed E-state index contributed by atoms with van der Waals surface area (Å²) in [5.74, 6) is 0.763. The Morgan fingerprint density at radius 1 is 1.31 bits per heavy atom. The van der Waals surface area contributed by atoms with E-state index in [2.05, 4.69) is 31.0 Å². The van der Waals surface area contributed by atoms with Crippen molar-refractivity contribution in [1.29, 1.82) is 0 Å². The van der Waals surface area contributed by atoms with E-state index in [-0.39, 0.29) is 0 Å². The first-order chi connectivity index (χ1) is 7.59. The van der Waals surface area contributed by atoms with Crippen LogP contribution in [0.1, 0.15) is 46.5 Å². The van der Waals surface area contributed by atoms with Gasteiger partial charge in [0.05, 0.1) is 0 Å². The average molecular weight is 224 g/mol. The van der Waals surface area contributed by atoms with E-state index in [1.807, 2.05) is 0 Å². The summed E-state index contributed by atoms with van der Waals surface area (Å²) in [5, 5.41) is 3.64. The second-order valence-corrected chi connectivity index (χ2v) is 6.56. The molecule has 2 fully saturated rings.